The molecule has 0 radical (unpaired) electrons. The molecule has 3 nitrogen and oxygen atoms in total. The predicted octanol–water partition coefficient (Wildman–Crippen LogP) is 3.81. The van der Waals surface area contributed by atoms with Gasteiger partial charge in [-0.2, -0.15) is 0 Å². The summed E-state index contributed by atoms with van der Waals surface area (Å²) in [6, 6.07) is 13.9. The maximum absolute atomic E-state index is 12.0. The summed E-state index contributed by atoms with van der Waals surface area (Å²) in [6.07, 6.45) is 0.461. The van der Waals surface area contributed by atoms with E-state index >= 15 is 0 Å². The number of hydrogen-bond donors (Lipinski definition) is 0. The molecule has 2 rings (SSSR count). The molecule has 0 heterocycles. The molecule has 2 aromatic carbocycles. The Balaban J connectivity index is 2.13. The molecule has 102 valence electrons. The zero-order valence-corrected chi connectivity index (χ0v) is 11.6. The van der Waals surface area contributed by atoms with Crippen molar-refractivity contribution in [1.29, 1.82) is 0 Å². The van der Waals surface area contributed by atoms with Gasteiger partial charge >= 0.3 is 5.97 Å². The van der Waals surface area contributed by atoms with Crippen LogP contribution in [0.4, 0.5) is 0 Å². The Hall–Kier alpha value is -2.42. The van der Waals surface area contributed by atoms with E-state index in [9.17, 15) is 9.59 Å². The first-order chi connectivity index (χ1) is 9.61. The van der Waals surface area contributed by atoms with Crippen molar-refractivity contribution >= 4 is 11.8 Å². The van der Waals surface area contributed by atoms with Crippen LogP contribution in [0.1, 0.15) is 39.6 Å². The number of ether oxygens (including phenoxy) is 1. The van der Waals surface area contributed by atoms with Crippen LogP contribution in [-0.4, -0.2) is 11.8 Å². The van der Waals surface area contributed by atoms with E-state index in [0.29, 0.717) is 23.3 Å². The molecule has 0 atom stereocenters. The zero-order chi connectivity index (χ0) is 14.5. The number of esters is 1. The first-order valence-corrected chi connectivity index (χ1v) is 6.53. The summed E-state index contributed by atoms with van der Waals surface area (Å²) in [4.78, 5) is 23.5. The van der Waals surface area contributed by atoms with Gasteiger partial charge in [0, 0.05) is 12.0 Å². The van der Waals surface area contributed by atoms with Gasteiger partial charge in [0.25, 0.3) is 0 Å². The van der Waals surface area contributed by atoms with Crippen molar-refractivity contribution in [3.05, 3.63) is 65.2 Å². The summed E-state index contributed by atoms with van der Waals surface area (Å²) in [5.41, 5.74) is 2.04. The lowest BCUT2D eigenvalue weighted by Crippen LogP contribution is -2.10. The average Bonchev–Trinajstić information content (AvgIpc) is 2.47. The van der Waals surface area contributed by atoms with Crippen LogP contribution < -0.4 is 4.74 Å². The van der Waals surface area contributed by atoms with E-state index in [4.69, 9.17) is 4.74 Å². The normalized spacial score (nSPS) is 10.1. The van der Waals surface area contributed by atoms with Crippen molar-refractivity contribution in [3.8, 4) is 5.75 Å². The quantitative estimate of drug-likeness (QED) is 0.481. The molecular weight excluding hydrogens is 252 g/mol. The Morgan fingerprint density at radius 2 is 1.65 bits per heavy atom. The number of carbonyl (C=O) groups is 2. The monoisotopic (exact) mass is 268 g/mol. The number of Topliss-reactive ketones (excluding diaryl/α,β-unsaturated/α-hetero) is 1. The Labute approximate surface area is 118 Å². The van der Waals surface area contributed by atoms with Crippen LogP contribution in [-0.2, 0) is 0 Å². The molecule has 0 N–H and O–H groups in total. The van der Waals surface area contributed by atoms with Gasteiger partial charge < -0.3 is 4.74 Å². The number of aryl methyl sites for hydroxylation is 1. The number of ketones is 1. The van der Waals surface area contributed by atoms with Gasteiger partial charge in [0.1, 0.15) is 5.75 Å². The molecule has 0 bridgehead atoms. The van der Waals surface area contributed by atoms with Crippen molar-refractivity contribution in [2.24, 2.45) is 0 Å². The fourth-order valence-corrected chi connectivity index (χ4v) is 1.88. The van der Waals surface area contributed by atoms with E-state index in [1.807, 2.05) is 26.0 Å². The highest BCUT2D eigenvalue weighted by Gasteiger charge is 2.11. The van der Waals surface area contributed by atoms with Gasteiger partial charge in [-0.15, -0.1) is 0 Å². The van der Waals surface area contributed by atoms with Gasteiger partial charge in [0.15, 0.2) is 5.78 Å². The lowest BCUT2D eigenvalue weighted by Gasteiger charge is -2.07. The molecule has 3 heteroatoms. The number of rotatable bonds is 4. The molecule has 0 spiro atoms. The summed E-state index contributed by atoms with van der Waals surface area (Å²) in [5, 5.41) is 0. The summed E-state index contributed by atoms with van der Waals surface area (Å²) in [5.74, 6) is 0.116. The molecule has 0 aliphatic carbocycles. The Morgan fingerprint density at radius 1 is 1.00 bits per heavy atom. The van der Waals surface area contributed by atoms with E-state index in [2.05, 4.69) is 0 Å². The van der Waals surface area contributed by atoms with Crippen LogP contribution >= 0.6 is 0 Å². The minimum atomic E-state index is -0.391. The first kappa shape index (κ1) is 14.0. The largest absolute Gasteiger partial charge is 0.423 e. The van der Waals surface area contributed by atoms with Gasteiger partial charge in [-0.05, 0) is 42.8 Å². The third-order valence-corrected chi connectivity index (χ3v) is 3.07. The van der Waals surface area contributed by atoms with E-state index < -0.39 is 5.97 Å². The number of hydrogen-bond acceptors (Lipinski definition) is 3. The smallest absolute Gasteiger partial charge is 0.343 e. The maximum atomic E-state index is 12.0. The van der Waals surface area contributed by atoms with Crippen LogP contribution in [0, 0.1) is 6.92 Å². The standard InChI is InChI=1S/C17H16O3/c1-3-16(18)13-8-10-14(11-9-13)20-17(19)15-7-5-4-6-12(15)2/h4-11H,3H2,1-2H3. The van der Waals surface area contributed by atoms with Crippen LogP contribution in [0.15, 0.2) is 48.5 Å². The molecule has 2 aromatic rings. The van der Waals surface area contributed by atoms with Crippen LogP contribution in [0.25, 0.3) is 0 Å². The van der Waals surface area contributed by atoms with Gasteiger partial charge in [-0.3, -0.25) is 4.79 Å². The SMILES string of the molecule is CCC(=O)c1ccc(OC(=O)c2ccccc2C)cc1. The summed E-state index contributed by atoms with van der Waals surface area (Å²) in [7, 11) is 0. The molecule has 0 amide bonds. The molecule has 20 heavy (non-hydrogen) atoms. The maximum Gasteiger partial charge on any atom is 0.343 e. The molecule has 0 fully saturated rings. The lowest BCUT2D eigenvalue weighted by atomic mass is 10.1. The minimum Gasteiger partial charge on any atom is -0.423 e. The van der Waals surface area contributed by atoms with Crippen molar-refractivity contribution in [2.75, 3.05) is 0 Å². The van der Waals surface area contributed by atoms with Crippen LogP contribution in [0.2, 0.25) is 0 Å². The summed E-state index contributed by atoms with van der Waals surface area (Å²) >= 11 is 0. The van der Waals surface area contributed by atoms with Gasteiger partial charge in [0.05, 0.1) is 5.56 Å². The molecule has 0 saturated heterocycles. The van der Waals surface area contributed by atoms with E-state index in [0.717, 1.165) is 5.56 Å². The van der Waals surface area contributed by atoms with Crippen LogP contribution in [0.5, 0.6) is 5.75 Å². The Morgan fingerprint density at radius 3 is 2.25 bits per heavy atom. The molecule has 0 unspecified atom stereocenters. The highest BCUT2D eigenvalue weighted by Crippen LogP contribution is 2.16. The number of carbonyl (C=O) groups excluding carboxylic acids is 2. The third-order valence-electron chi connectivity index (χ3n) is 3.07. The Bertz CT molecular complexity index is 627. The van der Waals surface area contributed by atoms with Gasteiger partial charge in [-0.25, -0.2) is 4.79 Å². The van der Waals surface area contributed by atoms with E-state index in [1.54, 1.807) is 36.4 Å². The van der Waals surface area contributed by atoms with E-state index in [1.165, 1.54) is 0 Å². The fourth-order valence-electron chi connectivity index (χ4n) is 1.88. The topological polar surface area (TPSA) is 43.4 Å². The van der Waals surface area contributed by atoms with Crippen molar-refractivity contribution in [2.45, 2.75) is 20.3 Å². The van der Waals surface area contributed by atoms with Crippen LogP contribution in [0.3, 0.4) is 0 Å². The van der Waals surface area contributed by atoms with Crippen molar-refractivity contribution in [1.82, 2.24) is 0 Å². The molecule has 0 saturated carbocycles. The predicted molar refractivity (Wildman–Crippen MR) is 77.2 cm³/mol. The Kier molecular flexibility index (Phi) is 4.31. The van der Waals surface area contributed by atoms with Gasteiger partial charge in [0.2, 0.25) is 0 Å². The van der Waals surface area contributed by atoms with Gasteiger partial charge in [-0.1, -0.05) is 25.1 Å². The van der Waals surface area contributed by atoms with Crippen molar-refractivity contribution < 1.29 is 14.3 Å². The highest BCUT2D eigenvalue weighted by atomic mass is 16.5. The number of benzene rings is 2. The molecule has 0 aliphatic heterocycles. The minimum absolute atomic E-state index is 0.0711. The second-order valence-electron chi connectivity index (χ2n) is 4.51. The molecule has 0 aliphatic rings. The molecular formula is C17H16O3. The first-order valence-electron chi connectivity index (χ1n) is 6.53. The fraction of sp³-hybridized carbons (Fsp3) is 0.176. The second-order valence-corrected chi connectivity index (χ2v) is 4.51. The summed E-state index contributed by atoms with van der Waals surface area (Å²) < 4.78 is 5.30. The average molecular weight is 268 g/mol. The second kappa shape index (κ2) is 6.15. The third kappa shape index (κ3) is 3.12. The van der Waals surface area contributed by atoms with E-state index in [-0.39, 0.29) is 5.78 Å². The summed E-state index contributed by atoms with van der Waals surface area (Å²) in [6.45, 7) is 3.67. The highest BCUT2D eigenvalue weighted by molar-refractivity contribution is 5.96. The lowest BCUT2D eigenvalue weighted by molar-refractivity contribution is 0.0734. The van der Waals surface area contributed by atoms with Crippen molar-refractivity contribution in [3.63, 3.8) is 0 Å². The zero-order valence-electron chi connectivity index (χ0n) is 11.6. The molecule has 0 aromatic heterocycles.